The number of nitrogens with zero attached hydrogens (tertiary/aromatic N) is 3. The smallest absolute Gasteiger partial charge is 0.247 e. The van der Waals surface area contributed by atoms with Crippen LogP contribution in [-0.4, -0.2) is 74.8 Å². The molecular weight excluding hydrogens is 522 g/mol. The zero-order chi connectivity index (χ0) is 27.0. The van der Waals surface area contributed by atoms with Crippen LogP contribution in [0.15, 0.2) is 89.8 Å². The Morgan fingerprint density at radius 2 is 1.63 bits per heavy atom. The van der Waals surface area contributed by atoms with Gasteiger partial charge in [-0.3, -0.25) is 9.69 Å². The van der Waals surface area contributed by atoms with Gasteiger partial charge < -0.3 is 9.64 Å². The highest BCUT2D eigenvalue weighted by Crippen LogP contribution is 2.30. The topological polar surface area (TPSA) is 70.2 Å². The van der Waals surface area contributed by atoms with E-state index < -0.39 is 10.0 Å². The van der Waals surface area contributed by atoms with Gasteiger partial charge in [-0.2, -0.15) is 4.31 Å². The summed E-state index contributed by atoms with van der Waals surface area (Å²) in [5, 5.41) is 0.271. The summed E-state index contributed by atoms with van der Waals surface area (Å²) in [6.07, 6.45) is 4.22. The number of amides is 1. The van der Waals surface area contributed by atoms with Crippen molar-refractivity contribution in [1.29, 1.82) is 0 Å². The molecule has 4 rings (SSSR count). The normalized spacial score (nSPS) is 14.8. The van der Waals surface area contributed by atoms with E-state index in [9.17, 15) is 13.2 Å². The summed E-state index contributed by atoms with van der Waals surface area (Å²) in [6, 6.07) is 23.8. The predicted molar refractivity (Wildman–Crippen MR) is 151 cm³/mol. The average molecular weight is 554 g/mol. The van der Waals surface area contributed by atoms with Crippen LogP contribution in [0.25, 0.3) is 6.08 Å². The molecule has 0 radical (unpaired) electrons. The van der Waals surface area contributed by atoms with Gasteiger partial charge in [-0.05, 0) is 29.3 Å². The predicted octanol–water partition coefficient (Wildman–Crippen LogP) is 4.40. The molecule has 200 valence electrons. The molecule has 0 N–H and O–H groups in total. The Morgan fingerprint density at radius 1 is 0.974 bits per heavy atom. The maximum Gasteiger partial charge on any atom is 0.247 e. The summed E-state index contributed by atoms with van der Waals surface area (Å²) in [4.78, 5) is 17.3. The van der Waals surface area contributed by atoms with Crippen LogP contribution in [0, 0.1) is 0 Å². The van der Waals surface area contributed by atoms with Gasteiger partial charge in [0, 0.05) is 44.3 Å². The fourth-order valence-electron chi connectivity index (χ4n) is 4.34. The van der Waals surface area contributed by atoms with Crippen LogP contribution in [0.2, 0.25) is 5.02 Å². The van der Waals surface area contributed by atoms with Gasteiger partial charge in [0.25, 0.3) is 0 Å². The molecule has 1 heterocycles. The number of methoxy groups -OCH3 is 1. The number of carbonyl (C=O) groups is 1. The summed E-state index contributed by atoms with van der Waals surface area (Å²) >= 11 is 6.13. The second-order valence-corrected chi connectivity index (χ2v) is 11.4. The van der Waals surface area contributed by atoms with E-state index in [1.165, 1.54) is 23.5 Å². The van der Waals surface area contributed by atoms with Gasteiger partial charge in [-0.1, -0.05) is 84.4 Å². The lowest BCUT2D eigenvalue weighted by molar-refractivity contribution is -0.133. The van der Waals surface area contributed by atoms with Crippen LogP contribution < -0.4 is 4.74 Å². The lowest BCUT2D eigenvalue weighted by atomic mass is 10.2. The van der Waals surface area contributed by atoms with Gasteiger partial charge >= 0.3 is 0 Å². The third kappa shape index (κ3) is 7.23. The average Bonchev–Trinajstić information content (AvgIpc) is 2.94. The van der Waals surface area contributed by atoms with Crippen molar-refractivity contribution in [3.05, 3.63) is 101 Å². The number of halogens is 1. The molecule has 1 saturated heterocycles. The molecular formula is C29H32ClN3O4S. The Labute approximate surface area is 229 Å². The maximum absolute atomic E-state index is 13.8. The second-order valence-electron chi connectivity index (χ2n) is 9.05. The molecule has 0 saturated carbocycles. The van der Waals surface area contributed by atoms with Gasteiger partial charge in [0.1, 0.15) is 10.6 Å². The Hall–Kier alpha value is -3.17. The van der Waals surface area contributed by atoms with Crippen molar-refractivity contribution in [3.63, 3.8) is 0 Å². The van der Waals surface area contributed by atoms with Crippen molar-refractivity contribution in [2.24, 2.45) is 0 Å². The third-order valence-corrected chi connectivity index (χ3v) is 8.50. The zero-order valence-corrected chi connectivity index (χ0v) is 22.9. The molecule has 0 aliphatic carbocycles. The molecule has 1 fully saturated rings. The molecule has 1 aliphatic heterocycles. The number of hydrogen-bond donors (Lipinski definition) is 0. The molecule has 0 atom stereocenters. The van der Waals surface area contributed by atoms with Crippen molar-refractivity contribution in [2.75, 3.05) is 46.4 Å². The fourth-order valence-corrected chi connectivity index (χ4v) is 6.13. The summed E-state index contributed by atoms with van der Waals surface area (Å²) in [5.41, 5.74) is 1.93. The van der Waals surface area contributed by atoms with E-state index in [2.05, 4.69) is 29.2 Å². The Morgan fingerprint density at radius 3 is 2.29 bits per heavy atom. The minimum Gasteiger partial charge on any atom is -0.495 e. The van der Waals surface area contributed by atoms with Gasteiger partial charge in [-0.15, -0.1) is 0 Å². The molecule has 3 aromatic rings. The van der Waals surface area contributed by atoms with Crippen LogP contribution in [0.1, 0.15) is 11.1 Å². The number of carbonyl (C=O) groups excluding carboxylic acids is 1. The standard InChI is InChI=1S/C29H32ClN3O4S/c1-37-27-15-14-26(30)21-28(27)38(35,36)33(22-25-11-6-3-7-12-25)23-29(34)32-19-17-31(18-20-32)16-8-13-24-9-4-2-5-10-24/h2-15,21H,16-20,22-23H2,1H3/b13-8+. The molecule has 38 heavy (non-hydrogen) atoms. The van der Waals surface area contributed by atoms with Crippen LogP contribution in [0.3, 0.4) is 0 Å². The van der Waals surface area contributed by atoms with Crippen molar-refractivity contribution in [2.45, 2.75) is 11.4 Å². The van der Waals surface area contributed by atoms with E-state index in [-0.39, 0.29) is 34.7 Å². The summed E-state index contributed by atoms with van der Waals surface area (Å²) in [5.74, 6) is -0.0536. The van der Waals surface area contributed by atoms with Crippen molar-refractivity contribution in [1.82, 2.24) is 14.1 Å². The number of hydrogen-bond acceptors (Lipinski definition) is 5. The van der Waals surface area contributed by atoms with Crippen LogP contribution in [0.4, 0.5) is 0 Å². The fraction of sp³-hybridized carbons (Fsp3) is 0.276. The first-order valence-corrected chi connectivity index (χ1v) is 14.3. The van der Waals surface area contributed by atoms with E-state index in [0.717, 1.165) is 30.8 Å². The summed E-state index contributed by atoms with van der Waals surface area (Å²) < 4.78 is 34.1. The van der Waals surface area contributed by atoms with Crippen molar-refractivity contribution < 1.29 is 17.9 Å². The molecule has 1 amide bonds. The highest BCUT2D eigenvalue weighted by Gasteiger charge is 2.32. The van der Waals surface area contributed by atoms with E-state index in [1.54, 1.807) is 11.0 Å². The Kier molecular flexibility index (Phi) is 9.58. The minimum absolute atomic E-state index is 0.0504. The van der Waals surface area contributed by atoms with Gasteiger partial charge in [-0.25, -0.2) is 8.42 Å². The quantitative estimate of drug-likeness (QED) is 0.372. The molecule has 9 heteroatoms. The highest BCUT2D eigenvalue weighted by molar-refractivity contribution is 7.89. The molecule has 0 aromatic heterocycles. The van der Waals surface area contributed by atoms with E-state index in [4.69, 9.17) is 16.3 Å². The first kappa shape index (κ1) is 27.9. The van der Waals surface area contributed by atoms with Crippen molar-refractivity contribution in [3.8, 4) is 5.75 Å². The monoisotopic (exact) mass is 553 g/mol. The molecule has 1 aliphatic rings. The summed E-state index contributed by atoms with van der Waals surface area (Å²) in [7, 11) is -2.68. The van der Waals surface area contributed by atoms with E-state index in [1.807, 2.05) is 48.5 Å². The molecule has 7 nitrogen and oxygen atoms in total. The van der Waals surface area contributed by atoms with Gasteiger partial charge in [0.15, 0.2) is 0 Å². The van der Waals surface area contributed by atoms with Crippen LogP contribution in [-0.2, 0) is 21.4 Å². The van der Waals surface area contributed by atoms with Crippen LogP contribution >= 0.6 is 11.6 Å². The van der Waals surface area contributed by atoms with Crippen molar-refractivity contribution >= 4 is 33.6 Å². The molecule has 3 aromatic carbocycles. The summed E-state index contributed by atoms with van der Waals surface area (Å²) in [6.45, 7) is 3.09. The van der Waals surface area contributed by atoms with E-state index >= 15 is 0 Å². The first-order chi connectivity index (χ1) is 18.4. The third-order valence-electron chi connectivity index (χ3n) is 6.46. The molecule has 0 unspecified atom stereocenters. The van der Waals surface area contributed by atoms with Gasteiger partial charge in [0.2, 0.25) is 15.9 Å². The SMILES string of the molecule is COc1ccc(Cl)cc1S(=O)(=O)N(CC(=O)N1CCN(C/C=C/c2ccccc2)CC1)Cc1ccccc1. The Balaban J connectivity index is 1.44. The number of ether oxygens (including phenoxy) is 1. The number of benzene rings is 3. The number of rotatable bonds is 10. The largest absolute Gasteiger partial charge is 0.495 e. The maximum atomic E-state index is 13.8. The second kappa shape index (κ2) is 13.1. The molecule has 0 spiro atoms. The lowest BCUT2D eigenvalue weighted by Gasteiger charge is -2.35. The molecule has 0 bridgehead atoms. The van der Waals surface area contributed by atoms with Gasteiger partial charge in [0.05, 0.1) is 13.7 Å². The number of piperazine rings is 1. The first-order valence-electron chi connectivity index (χ1n) is 12.5. The van der Waals surface area contributed by atoms with E-state index in [0.29, 0.717) is 13.1 Å². The van der Waals surface area contributed by atoms with Crippen LogP contribution in [0.5, 0.6) is 5.75 Å². The highest BCUT2D eigenvalue weighted by atomic mass is 35.5. The minimum atomic E-state index is -4.09. The lowest BCUT2D eigenvalue weighted by Crippen LogP contribution is -2.51. The Bertz CT molecular complexity index is 1340. The zero-order valence-electron chi connectivity index (χ0n) is 21.4. The number of sulfonamides is 1.